The molecule has 0 saturated carbocycles. The first kappa shape index (κ1) is 19.2. The molecule has 0 aliphatic heterocycles. The molecule has 28 heavy (non-hydrogen) atoms. The van der Waals surface area contributed by atoms with Gasteiger partial charge in [-0.3, -0.25) is 9.97 Å². The van der Waals surface area contributed by atoms with Gasteiger partial charge in [0.25, 0.3) is 0 Å². The number of esters is 1. The Labute approximate surface area is 164 Å². The maximum Gasteiger partial charge on any atom is 0.333 e. The van der Waals surface area contributed by atoms with Crippen molar-refractivity contribution in [1.82, 2.24) is 15.0 Å². The van der Waals surface area contributed by atoms with Gasteiger partial charge < -0.3 is 9.64 Å². The molecule has 0 radical (unpaired) electrons. The molecule has 0 aliphatic carbocycles. The van der Waals surface area contributed by atoms with E-state index in [4.69, 9.17) is 9.72 Å². The van der Waals surface area contributed by atoms with Crippen LogP contribution in [0, 0.1) is 0 Å². The minimum absolute atomic E-state index is 0.266. The van der Waals surface area contributed by atoms with E-state index >= 15 is 0 Å². The maximum atomic E-state index is 11.6. The Bertz CT molecular complexity index is 901. The summed E-state index contributed by atoms with van der Waals surface area (Å²) < 4.78 is 5.20. The molecule has 0 atom stereocenters. The molecule has 142 valence electrons. The number of aromatic nitrogens is 3. The second-order valence-corrected chi connectivity index (χ2v) is 6.36. The number of anilines is 1. The van der Waals surface area contributed by atoms with E-state index in [1.165, 1.54) is 0 Å². The van der Waals surface area contributed by atoms with Gasteiger partial charge in [0.05, 0.1) is 29.3 Å². The fraction of sp³-hybridized carbons (Fsp3) is 0.182. The van der Waals surface area contributed by atoms with Gasteiger partial charge in [0.15, 0.2) is 0 Å². The molecular formula is C22H22N4O2. The van der Waals surface area contributed by atoms with E-state index in [-0.39, 0.29) is 12.6 Å². The lowest BCUT2D eigenvalue weighted by Gasteiger charge is -2.20. The minimum Gasteiger partial charge on any atom is -0.460 e. The first-order chi connectivity index (χ1) is 13.5. The predicted molar refractivity (Wildman–Crippen MR) is 110 cm³/mol. The molecule has 0 fully saturated rings. The van der Waals surface area contributed by atoms with Crippen LogP contribution in [0.1, 0.15) is 6.92 Å². The summed E-state index contributed by atoms with van der Waals surface area (Å²) in [6, 6.07) is 15.4. The van der Waals surface area contributed by atoms with E-state index in [1.807, 2.05) is 60.5 Å². The van der Waals surface area contributed by atoms with Gasteiger partial charge in [0, 0.05) is 30.7 Å². The Morgan fingerprint density at radius 2 is 1.57 bits per heavy atom. The summed E-state index contributed by atoms with van der Waals surface area (Å²) in [5.41, 5.74) is 4.39. The lowest BCUT2D eigenvalue weighted by molar-refractivity contribution is -0.138. The molecule has 3 rings (SSSR count). The third-order valence-corrected chi connectivity index (χ3v) is 4.11. The standard InChI is InChI=1S/C22H22N4O2/c1-16(2)22(27)28-13-12-26(3)17-14-20(18-8-4-6-10-23-18)25-21(15-17)19-9-5-7-11-24-19/h4-11,14-15H,1,12-13H2,2-3H3. The zero-order chi connectivity index (χ0) is 19.9. The van der Waals surface area contributed by atoms with Crippen LogP contribution in [0.2, 0.25) is 0 Å². The summed E-state index contributed by atoms with van der Waals surface area (Å²) >= 11 is 0. The van der Waals surface area contributed by atoms with Crippen LogP contribution in [0.4, 0.5) is 5.69 Å². The van der Waals surface area contributed by atoms with Crippen molar-refractivity contribution in [2.24, 2.45) is 0 Å². The highest BCUT2D eigenvalue weighted by molar-refractivity contribution is 5.86. The summed E-state index contributed by atoms with van der Waals surface area (Å²) in [4.78, 5) is 27.1. The zero-order valence-corrected chi connectivity index (χ0v) is 16.0. The number of likely N-dealkylation sites (N-methyl/N-ethyl adjacent to an activating group) is 1. The normalized spacial score (nSPS) is 10.4. The van der Waals surface area contributed by atoms with E-state index in [1.54, 1.807) is 19.3 Å². The zero-order valence-electron chi connectivity index (χ0n) is 16.0. The molecule has 0 aromatic carbocycles. The number of carbonyl (C=O) groups is 1. The van der Waals surface area contributed by atoms with Gasteiger partial charge in [-0.05, 0) is 43.3 Å². The molecule has 0 N–H and O–H groups in total. The highest BCUT2D eigenvalue weighted by Crippen LogP contribution is 2.26. The Balaban J connectivity index is 1.89. The quantitative estimate of drug-likeness (QED) is 0.463. The molecule has 6 heteroatoms. The molecule has 0 aliphatic rings. The number of hydrogen-bond donors (Lipinski definition) is 0. The fourth-order valence-electron chi connectivity index (χ4n) is 2.56. The summed E-state index contributed by atoms with van der Waals surface area (Å²) in [6.07, 6.45) is 3.48. The number of carbonyl (C=O) groups excluding carboxylic acids is 1. The Hall–Kier alpha value is -3.54. The van der Waals surface area contributed by atoms with Crippen LogP contribution in [0.25, 0.3) is 22.8 Å². The lowest BCUT2D eigenvalue weighted by atomic mass is 10.1. The fourth-order valence-corrected chi connectivity index (χ4v) is 2.56. The molecular weight excluding hydrogens is 352 g/mol. The third kappa shape index (κ3) is 4.79. The molecule has 3 aromatic heterocycles. The number of nitrogens with zero attached hydrogens (tertiary/aromatic N) is 4. The maximum absolute atomic E-state index is 11.6. The van der Waals surface area contributed by atoms with Crippen LogP contribution in [0.5, 0.6) is 0 Å². The van der Waals surface area contributed by atoms with Gasteiger partial charge in [-0.1, -0.05) is 18.7 Å². The van der Waals surface area contributed by atoms with Gasteiger partial charge in [-0.2, -0.15) is 0 Å². The van der Waals surface area contributed by atoms with Crippen molar-refractivity contribution in [3.05, 3.63) is 73.1 Å². The van der Waals surface area contributed by atoms with Crippen LogP contribution in [0.3, 0.4) is 0 Å². The number of hydrogen-bond acceptors (Lipinski definition) is 6. The SMILES string of the molecule is C=C(C)C(=O)OCCN(C)c1cc(-c2ccccn2)nc(-c2ccccn2)c1. The number of ether oxygens (including phenoxy) is 1. The average Bonchev–Trinajstić information content (AvgIpc) is 2.74. The van der Waals surface area contributed by atoms with Gasteiger partial charge >= 0.3 is 5.97 Å². The predicted octanol–water partition coefficient (Wildman–Crippen LogP) is 3.76. The molecule has 3 heterocycles. The molecule has 3 aromatic rings. The molecule has 0 unspecified atom stereocenters. The van der Waals surface area contributed by atoms with Crippen LogP contribution in [-0.2, 0) is 9.53 Å². The highest BCUT2D eigenvalue weighted by Gasteiger charge is 2.12. The van der Waals surface area contributed by atoms with Crippen LogP contribution in [-0.4, -0.2) is 41.1 Å². The second kappa shape index (κ2) is 8.90. The van der Waals surface area contributed by atoms with E-state index in [0.29, 0.717) is 12.1 Å². The Morgan fingerprint density at radius 3 is 2.04 bits per heavy atom. The molecule has 0 saturated heterocycles. The average molecular weight is 374 g/mol. The van der Waals surface area contributed by atoms with Crippen molar-refractivity contribution in [2.45, 2.75) is 6.92 Å². The first-order valence-corrected chi connectivity index (χ1v) is 8.93. The summed E-state index contributed by atoms with van der Waals surface area (Å²) in [5.74, 6) is -0.383. The van der Waals surface area contributed by atoms with Crippen LogP contribution in [0.15, 0.2) is 73.1 Å². The molecule has 6 nitrogen and oxygen atoms in total. The summed E-state index contributed by atoms with van der Waals surface area (Å²) in [6.45, 7) is 6.02. The summed E-state index contributed by atoms with van der Waals surface area (Å²) in [7, 11) is 1.94. The molecule has 0 amide bonds. The highest BCUT2D eigenvalue weighted by atomic mass is 16.5. The third-order valence-electron chi connectivity index (χ3n) is 4.11. The van der Waals surface area contributed by atoms with Gasteiger partial charge in [0.2, 0.25) is 0 Å². The Morgan fingerprint density at radius 1 is 1.00 bits per heavy atom. The van der Waals surface area contributed by atoms with Crippen molar-refractivity contribution in [1.29, 1.82) is 0 Å². The van der Waals surface area contributed by atoms with E-state index < -0.39 is 0 Å². The summed E-state index contributed by atoms with van der Waals surface area (Å²) in [5, 5.41) is 0. The van der Waals surface area contributed by atoms with Gasteiger partial charge in [-0.25, -0.2) is 9.78 Å². The van der Waals surface area contributed by atoms with Crippen LogP contribution < -0.4 is 4.90 Å². The monoisotopic (exact) mass is 374 g/mol. The lowest BCUT2D eigenvalue weighted by Crippen LogP contribution is -2.24. The van der Waals surface area contributed by atoms with Crippen molar-refractivity contribution < 1.29 is 9.53 Å². The molecule has 0 bridgehead atoms. The molecule has 0 spiro atoms. The van der Waals surface area contributed by atoms with E-state index in [9.17, 15) is 4.79 Å². The van der Waals surface area contributed by atoms with Crippen molar-refractivity contribution >= 4 is 11.7 Å². The first-order valence-electron chi connectivity index (χ1n) is 8.93. The number of rotatable bonds is 7. The van der Waals surface area contributed by atoms with E-state index in [0.717, 1.165) is 28.5 Å². The van der Waals surface area contributed by atoms with Crippen molar-refractivity contribution in [3.8, 4) is 22.8 Å². The largest absolute Gasteiger partial charge is 0.460 e. The van der Waals surface area contributed by atoms with Crippen molar-refractivity contribution in [2.75, 3.05) is 25.1 Å². The van der Waals surface area contributed by atoms with Gasteiger partial charge in [-0.15, -0.1) is 0 Å². The van der Waals surface area contributed by atoms with Gasteiger partial charge in [0.1, 0.15) is 6.61 Å². The Kier molecular flexibility index (Phi) is 6.11. The van der Waals surface area contributed by atoms with Crippen molar-refractivity contribution in [3.63, 3.8) is 0 Å². The second-order valence-electron chi connectivity index (χ2n) is 6.36. The topological polar surface area (TPSA) is 68.2 Å². The number of pyridine rings is 3. The smallest absolute Gasteiger partial charge is 0.333 e. The minimum atomic E-state index is -0.383. The van der Waals surface area contributed by atoms with Crippen LogP contribution >= 0.6 is 0 Å². The van der Waals surface area contributed by atoms with E-state index in [2.05, 4.69) is 16.5 Å².